The minimum atomic E-state index is 0.0953. The molecule has 2 N–H and O–H groups in total. The summed E-state index contributed by atoms with van der Waals surface area (Å²) in [6.45, 7) is 2.67. The molecule has 16 heavy (non-hydrogen) atoms. The number of hydrogen-bond donors (Lipinski definition) is 1. The van der Waals surface area contributed by atoms with Gasteiger partial charge in [0.2, 0.25) is 0 Å². The van der Waals surface area contributed by atoms with Crippen molar-refractivity contribution in [2.75, 3.05) is 13.7 Å². The number of aryl methyl sites for hydroxylation is 1. The smallest absolute Gasteiger partial charge is 0.140 e. The molecule has 88 valence electrons. The molecule has 0 heterocycles. The largest absolute Gasteiger partial charge is 0.495 e. The molecule has 1 fully saturated rings. The zero-order valence-corrected chi connectivity index (χ0v) is 10.6. The van der Waals surface area contributed by atoms with Crippen molar-refractivity contribution in [1.29, 1.82) is 0 Å². The van der Waals surface area contributed by atoms with Gasteiger partial charge in [-0.05, 0) is 30.9 Å². The van der Waals surface area contributed by atoms with Gasteiger partial charge in [-0.25, -0.2) is 0 Å². The molecule has 0 unspecified atom stereocenters. The van der Waals surface area contributed by atoms with Gasteiger partial charge in [-0.2, -0.15) is 0 Å². The Morgan fingerprint density at radius 3 is 2.56 bits per heavy atom. The molecule has 0 bridgehead atoms. The summed E-state index contributed by atoms with van der Waals surface area (Å²) in [6.07, 6.45) is 3.51. The Bertz CT molecular complexity index is 394. The second-order valence-electron chi connectivity index (χ2n) is 4.62. The lowest BCUT2D eigenvalue weighted by Crippen LogP contribution is -2.41. The molecule has 0 atom stereocenters. The predicted octanol–water partition coefficient (Wildman–Crippen LogP) is 3.04. The van der Waals surface area contributed by atoms with E-state index in [1.165, 1.54) is 6.42 Å². The summed E-state index contributed by atoms with van der Waals surface area (Å²) in [7, 11) is 1.66. The summed E-state index contributed by atoms with van der Waals surface area (Å²) in [5.74, 6) is 0.791. The van der Waals surface area contributed by atoms with E-state index in [4.69, 9.17) is 22.1 Å². The number of nitrogens with two attached hydrogens (primary N) is 1. The molecule has 0 saturated heterocycles. The third-order valence-electron chi connectivity index (χ3n) is 3.77. The molecule has 2 nitrogen and oxygen atoms in total. The van der Waals surface area contributed by atoms with Crippen molar-refractivity contribution in [1.82, 2.24) is 0 Å². The van der Waals surface area contributed by atoms with E-state index >= 15 is 0 Å². The molecule has 1 aromatic carbocycles. The summed E-state index contributed by atoms with van der Waals surface area (Å²) in [5, 5.41) is 0.743. The Labute approximate surface area is 102 Å². The van der Waals surface area contributed by atoms with Crippen LogP contribution in [0.25, 0.3) is 0 Å². The first-order valence-corrected chi connectivity index (χ1v) is 6.06. The van der Waals surface area contributed by atoms with Crippen LogP contribution in [0.15, 0.2) is 12.1 Å². The minimum absolute atomic E-state index is 0.0953. The van der Waals surface area contributed by atoms with Gasteiger partial charge in [0, 0.05) is 12.0 Å². The lowest BCUT2D eigenvalue weighted by Gasteiger charge is -2.42. The van der Waals surface area contributed by atoms with Crippen LogP contribution in [0.3, 0.4) is 0 Å². The van der Waals surface area contributed by atoms with E-state index in [0.717, 1.165) is 34.7 Å². The summed E-state index contributed by atoms with van der Waals surface area (Å²) < 4.78 is 5.35. The number of methoxy groups -OCH3 is 1. The van der Waals surface area contributed by atoms with Crippen molar-refractivity contribution in [3.8, 4) is 5.75 Å². The molecule has 1 saturated carbocycles. The number of benzene rings is 1. The molecule has 0 spiro atoms. The van der Waals surface area contributed by atoms with E-state index in [-0.39, 0.29) is 5.41 Å². The predicted molar refractivity (Wildman–Crippen MR) is 67.3 cm³/mol. The summed E-state index contributed by atoms with van der Waals surface area (Å²) in [5.41, 5.74) is 8.22. The third kappa shape index (κ3) is 1.61. The van der Waals surface area contributed by atoms with Crippen LogP contribution in [0, 0.1) is 6.92 Å². The van der Waals surface area contributed by atoms with Gasteiger partial charge in [0.25, 0.3) is 0 Å². The fraction of sp³-hybridized carbons (Fsp3) is 0.538. The Morgan fingerprint density at radius 1 is 1.44 bits per heavy atom. The van der Waals surface area contributed by atoms with Gasteiger partial charge in [0.1, 0.15) is 5.75 Å². The van der Waals surface area contributed by atoms with E-state index < -0.39 is 0 Å². The summed E-state index contributed by atoms with van der Waals surface area (Å²) in [4.78, 5) is 0. The van der Waals surface area contributed by atoms with Crippen LogP contribution in [0.2, 0.25) is 5.02 Å². The highest BCUT2D eigenvalue weighted by Crippen LogP contribution is 2.48. The SMILES string of the molecule is COc1c(C)ccc(C2(CN)CCC2)c1Cl. The second kappa shape index (κ2) is 4.27. The van der Waals surface area contributed by atoms with E-state index in [1.807, 2.05) is 6.92 Å². The topological polar surface area (TPSA) is 35.2 Å². The van der Waals surface area contributed by atoms with Crippen molar-refractivity contribution in [2.24, 2.45) is 5.73 Å². The van der Waals surface area contributed by atoms with Crippen molar-refractivity contribution >= 4 is 11.6 Å². The zero-order chi connectivity index (χ0) is 11.8. The molecule has 2 rings (SSSR count). The van der Waals surface area contributed by atoms with E-state index in [1.54, 1.807) is 7.11 Å². The van der Waals surface area contributed by atoms with Gasteiger partial charge in [0.05, 0.1) is 12.1 Å². The molecule has 1 aliphatic carbocycles. The van der Waals surface area contributed by atoms with E-state index in [0.29, 0.717) is 6.54 Å². The fourth-order valence-corrected chi connectivity index (χ4v) is 2.99. The first-order valence-electron chi connectivity index (χ1n) is 5.68. The van der Waals surface area contributed by atoms with Crippen LogP contribution in [-0.2, 0) is 5.41 Å². The van der Waals surface area contributed by atoms with Gasteiger partial charge in [-0.3, -0.25) is 0 Å². The van der Waals surface area contributed by atoms with E-state index in [2.05, 4.69) is 12.1 Å². The average Bonchev–Trinajstić information content (AvgIpc) is 2.21. The molecule has 1 aliphatic rings. The first kappa shape index (κ1) is 11.7. The number of rotatable bonds is 3. The molecule has 0 radical (unpaired) electrons. The molecular formula is C13H18ClNO. The quantitative estimate of drug-likeness (QED) is 0.880. The van der Waals surface area contributed by atoms with Gasteiger partial charge in [-0.15, -0.1) is 0 Å². The molecule has 1 aromatic rings. The lowest BCUT2D eigenvalue weighted by atomic mass is 9.64. The number of hydrogen-bond acceptors (Lipinski definition) is 2. The van der Waals surface area contributed by atoms with Crippen LogP contribution in [0.5, 0.6) is 5.75 Å². The fourth-order valence-electron chi connectivity index (χ4n) is 2.50. The highest BCUT2D eigenvalue weighted by molar-refractivity contribution is 6.33. The maximum atomic E-state index is 6.41. The summed E-state index contributed by atoms with van der Waals surface area (Å²) in [6, 6.07) is 4.17. The Hall–Kier alpha value is -0.730. The maximum Gasteiger partial charge on any atom is 0.140 e. The van der Waals surface area contributed by atoms with Crippen molar-refractivity contribution in [2.45, 2.75) is 31.6 Å². The first-order chi connectivity index (χ1) is 7.64. The van der Waals surface area contributed by atoms with Gasteiger partial charge >= 0.3 is 0 Å². The second-order valence-corrected chi connectivity index (χ2v) is 4.99. The highest BCUT2D eigenvalue weighted by atomic mass is 35.5. The van der Waals surface area contributed by atoms with Gasteiger partial charge in [-0.1, -0.05) is 30.2 Å². The van der Waals surface area contributed by atoms with Crippen LogP contribution in [-0.4, -0.2) is 13.7 Å². The van der Waals surface area contributed by atoms with Crippen LogP contribution >= 0.6 is 11.6 Å². The maximum absolute atomic E-state index is 6.41. The van der Waals surface area contributed by atoms with Crippen molar-refractivity contribution in [3.05, 3.63) is 28.3 Å². The third-order valence-corrected chi connectivity index (χ3v) is 4.15. The number of ether oxygens (including phenoxy) is 1. The zero-order valence-electron chi connectivity index (χ0n) is 9.85. The highest BCUT2D eigenvalue weighted by Gasteiger charge is 2.39. The molecule has 3 heteroatoms. The monoisotopic (exact) mass is 239 g/mol. The summed E-state index contributed by atoms with van der Waals surface area (Å²) >= 11 is 6.41. The van der Waals surface area contributed by atoms with Gasteiger partial charge in [0.15, 0.2) is 0 Å². The van der Waals surface area contributed by atoms with Crippen molar-refractivity contribution < 1.29 is 4.74 Å². The normalized spacial score (nSPS) is 18.0. The molecule has 0 aliphatic heterocycles. The Balaban J connectivity index is 2.49. The Morgan fingerprint density at radius 2 is 2.12 bits per heavy atom. The molecule has 0 amide bonds. The lowest BCUT2D eigenvalue weighted by molar-refractivity contribution is 0.252. The van der Waals surface area contributed by atoms with Crippen LogP contribution in [0.4, 0.5) is 0 Å². The Kier molecular flexibility index (Phi) is 3.13. The minimum Gasteiger partial charge on any atom is -0.495 e. The van der Waals surface area contributed by atoms with Crippen LogP contribution < -0.4 is 10.5 Å². The number of halogens is 1. The van der Waals surface area contributed by atoms with Crippen LogP contribution in [0.1, 0.15) is 30.4 Å². The molecular weight excluding hydrogens is 222 g/mol. The van der Waals surface area contributed by atoms with Gasteiger partial charge < -0.3 is 10.5 Å². The molecule has 0 aromatic heterocycles. The van der Waals surface area contributed by atoms with Crippen molar-refractivity contribution in [3.63, 3.8) is 0 Å². The van der Waals surface area contributed by atoms with E-state index in [9.17, 15) is 0 Å². The standard InChI is InChI=1S/C13H18ClNO/c1-9-4-5-10(11(14)12(9)16-2)13(8-15)6-3-7-13/h4-5H,3,6-8,15H2,1-2H3. The average molecular weight is 240 g/mol.